The largest absolute Gasteiger partial charge is 0.330 e. The third kappa shape index (κ3) is 59.3. The summed E-state index contributed by atoms with van der Waals surface area (Å²) in [5, 5.41) is 0. The van der Waals surface area contributed by atoms with Gasteiger partial charge in [0, 0.05) is 0 Å². The molecule has 0 saturated heterocycles. The molecule has 90 valence electrons. The van der Waals surface area contributed by atoms with Gasteiger partial charge in [-0.15, -0.1) is 0 Å². The highest BCUT2D eigenvalue weighted by atomic mass is 19.1. The van der Waals surface area contributed by atoms with Crippen molar-refractivity contribution >= 4 is 0 Å². The molecular formula is C11H29FN2. The van der Waals surface area contributed by atoms with Crippen molar-refractivity contribution in [2.24, 2.45) is 5.73 Å². The first-order chi connectivity index (χ1) is 6.60. The minimum atomic E-state index is -0.181. The number of rotatable bonds is 4. The molecule has 0 radical (unpaired) electrons. The third-order valence-electron chi connectivity index (χ3n) is 0.998. The van der Waals surface area contributed by atoms with Crippen molar-refractivity contribution in [1.29, 1.82) is 0 Å². The molecule has 2 nitrogen and oxygen atoms in total. The summed E-state index contributed by atoms with van der Waals surface area (Å²) in [6.07, 6.45) is 3.01. The van der Waals surface area contributed by atoms with Gasteiger partial charge in [0.05, 0.1) is 6.67 Å². The van der Waals surface area contributed by atoms with Crippen molar-refractivity contribution in [3.8, 4) is 0 Å². The molecule has 0 aliphatic rings. The van der Waals surface area contributed by atoms with Crippen LogP contribution in [0.15, 0.2) is 0 Å². The normalized spacial score (nSPS) is 8.57. The lowest BCUT2D eigenvalue weighted by Crippen LogP contribution is -2.16. The van der Waals surface area contributed by atoms with Crippen LogP contribution in [0.5, 0.6) is 0 Å². The van der Waals surface area contributed by atoms with Crippen LogP contribution in [-0.4, -0.2) is 38.8 Å². The second kappa shape index (κ2) is 23.0. The van der Waals surface area contributed by atoms with Crippen molar-refractivity contribution < 1.29 is 4.39 Å². The fourth-order valence-electron chi connectivity index (χ4n) is 0.408. The predicted molar refractivity (Wildman–Crippen MR) is 64.5 cm³/mol. The molecule has 0 aliphatic carbocycles. The molecule has 0 fully saturated rings. The van der Waals surface area contributed by atoms with Crippen LogP contribution in [0.3, 0.4) is 0 Å². The van der Waals surface area contributed by atoms with Gasteiger partial charge in [0.2, 0.25) is 0 Å². The summed E-state index contributed by atoms with van der Waals surface area (Å²) >= 11 is 0. The minimum absolute atomic E-state index is 0.181. The zero-order valence-electron chi connectivity index (χ0n) is 10.6. The Kier molecular flexibility index (Phi) is 32.0. The van der Waals surface area contributed by atoms with Gasteiger partial charge in [0.25, 0.3) is 0 Å². The molecular weight excluding hydrogens is 179 g/mol. The predicted octanol–water partition coefficient (Wildman–Crippen LogP) is 2.68. The topological polar surface area (TPSA) is 29.3 Å². The number of nitrogens with two attached hydrogens (primary N) is 1. The summed E-state index contributed by atoms with van der Waals surface area (Å²) in [4.78, 5) is 2.13. The van der Waals surface area contributed by atoms with Crippen LogP contribution in [-0.2, 0) is 0 Å². The van der Waals surface area contributed by atoms with Gasteiger partial charge in [-0.1, -0.05) is 27.2 Å². The Morgan fingerprint density at radius 1 is 1.14 bits per heavy atom. The quantitative estimate of drug-likeness (QED) is 0.769. The molecule has 0 aromatic heterocycles. The Hall–Kier alpha value is -0.150. The van der Waals surface area contributed by atoms with E-state index in [1.807, 2.05) is 0 Å². The highest BCUT2D eigenvalue weighted by Gasteiger charge is 1.83. The van der Waals surface area contributed by atoms with Gasteiger partial charge in [-0.3, -0.25) is 4.39 Å². The molecule has 0 rings (SSSR count). The zero-order chi connectivity index (χ0) is 11.8. The number of nitrogens with zero attached hydrogens (tertiary/aromatic N) is 1. The summed E-state index contributed by atoms with van der Waals surface area (Å²) in [5.74, 6) is 0. The van der Waals surface area contributed by atoms with Crippen molar-refractivity contribution in [3.63, 3.8) is 0 Å². The van der Waals surface area contributed by atoms with E-state index < -0.39 is 0 Å². The van der Waals surface area contributed by atoms with Gasteiger partial charge in [-0.2, -0.15) is 0 Å². The Bertz CT molecular complexity index is 66.3. The Morgan fingerprint density at radius 2 is 1.50 bits per heavy atom. The Morgan fingerprint density at radius 3 is 1.57 bits per heavy atom. The van der Waals surface area contributed by atoms with Crippen LogP contribution < -0.4 is 5.73 Å². The monoisotopic (exact) mass is 208 g/mol. The maximum atomic E-state index is 10.7. The van der Waals surface area contributed by atoms with E-state index in [2.05, 4.69) is 32.8 Å². The second-order valence-electron chi connectivity index (χ2n) is 3.34. The summed E-state index contributed by atoms with van der Waals surface area (Å²) < 4.78 is 10.7. The first-order valence-corrected chi connectivity index (χ1v) is 5.51. The maximum absolute atomic E-state index is 10.7. The number of halogens is 1. The molecule has 0 spiro atoms. The lowest BCUT2D eigenvalue weighted by molar-refractivity contribution is 0.403. The molecule has 3 heteroatoms. The molecule has 14 heavy (non-hydrogen) atoms. The summed E-state index contributed by atoms with van der Waals surface area (Å²) in [6.45, 7) is 7.79. The highest BCUT2D eigenvalue weighted by molar-refractivity contribution is 4.42. The molecule has 0 aromatic carbocycles. The first kappa shape index (κ1) is 19.4. The number of hydrogen-bond donors (Lipinski definition) is 1. The molecule has 0 atom stereocenters. The van der Waals surface area contributed by atoms with E-state index in [-0.39, 0.29) is 6.67 Å². The zero-order valence-corrected chi connectivity index (χ0v) is 10.6. The SMILES string of the molecule is CCC.CCCF.CN(C)CCCN. The van der Waals surface area contributed by atoms with E-state index >= 15 is 0 Å². The Labute approximate surface area is 89.7 Å². The van der Waals surface area contributed by atoms with Gasteiger partial charge in [-0.25, -0.2) is 0 Å². The van der Waals surface area contributed by atoms with E-state index in [1.165, 1.54) is 6.42 Å². The van der Waals surface area contributed by atoms with Crippen molar-refractivity contribution in [2.45, 2.75) is 40.0 Å². The van der Waals surface area contributed by atoms with E-state index in [1.54, 1.807) is 6.92 Å². The number of alkyl halides is 1. The van der Waals surface area contributed by atoms with Crippen LogP contribution in [0.2, 0.25) is 0 Å². The molecule has 0 heterocycles. The van der Waals surface area contributed by atoms with E-state index in [9.17, 15) is 4.39 Å². The van der Waals surface area contributed by atoms with Crippen molar-refractivity contribution in [3.05, 3.63) is 0 Å². The molecule has 0 aliphatic heterocycles. The molecule has 2 N–H and O–H groups in total. The van der Waals surface area contributed by atoms with Crippen LogP contribution in [0.25, 0.3) is 0 Å². The van der Waals surface area contributed by atoms with Crippen molar-refractivity contribution in [2.75, 3.05) is 33.9 Å². The van der Waals surface area contributed by atoms with Crippen LogP contribution in [0.4, 0.5) is 4.39 Å². The smallest absolute Gasteiger partial charge is 0.0891 e. The molecule has 0 bridgehead atoms. The average molecular weight is 208 g/mol. The van der Waals surface area contributed by atoms with Crippen molar-refractivity contribution in [1.82, 2.24) is 4.90 Å². The summed E-state index contributed by atoms with van der Waals surface area (Å²) in [6, 6.07) is 0. The van der Waals surface area contributed by atoms with Gasteiger partial charge in [0.1, 0.15) is 0 Å². The molecule has 0 saturated carbocycles. The molecule has 0 amide bonds. The van der Waals surface area contributed by atoms with E-state index in [4.69, 9.17) is 5.73 Å². The second-order valence-corrected chi connectivity index (χ2v) is 3.34. The van der Waals surface area contributed by atoms with E-state index in [0.29, 0.717) is 6.42 Å². The highest BCUT2D eigenvalue weighted by Crippen LogP contribution is 1.76. The minimum Gasteiger partial charge on any atom is -0.330 e. The fourth-order valence-corrected chi connectivity index (χ4v) is 0.408. The lowest BCUT2D eigenvalue weighted by Gasteiger charge is -2.05. The first-order valence-electron chi connectivity index (χ1n) is 5.51. The maximum Gasteiger partial charge on any atom is 0.0891 e. The van der Waals surface area contributed by atoms with Gasteiger partial charge < -0.3 is 10.6 Å². The standard InChI is InChI=1S/C5H14N2.C3H7F.C3H8/c1-7(2)5-3-4-6;1-2-3-4;1-3-2/h3-6H2,1-2H3;2-3H2,1H3;3H2,1-2H3. The van der Waals surface area contributed by atoms with Gasteiger partial charge >= 0.3 is 0 Å². The van der Waals surface area contributed by atoms with Crippen LogP contribution >= 0.6 is 0 Å². The number of hydrogen-bond acceptors (Lipinski definition) is 2. The lowest BCUT2D eigenvalue weighted by atomic mass is 10.4. The summed E-state index contributed by atoms with van der Waals surface area (Å²) in [5.41, 5.74) is 5.25. The van der Waals surface area contributed by atoms with Gasteiger partial charge in [0.15, 0.2) is 0 Å². The Balaban J connectivity index is -0.000000147. The summed E-state index contributed by atoms with van der Waals surface area (Å²) in [7, 11) is 4.10. The third-order valence-corrected chi connectivity index (χ3v) is 0.998. The van der Waals surface area contributed by atoms with E-state index in [0.717, 1.165) is 19.5 Å². The van der Waals surface area contributed by atoms with Crippen LogP contribution in [0.1, 0.15) is 40.0 Å². The average Bonchev–Trinajstić information content (AvgIpc) is 2.16. The molecule has 0 unspecified atom stereocenters. The molecule has 0 aromatic rings. The van der Waals surface area contributed by atoms with Gasteiger partial charge in [-0.05, 0) is 40.0 Å². The van der Waals surface area contributed by atoms with Crippen LogP contribution in [0, 0.1) is 0 Å². The fraction of sp³-hybridized carbons (Fsp3) is 1.00.